The van der Waals surface area contributed by atoms with Gasteiger partial charge in [-0.3, -0.25) is 4.98 Å². The Hall–Kier alpha value is -4.58. The SMILES string of the molecule is Cc1c(C#N)cccc1-c1cc(-c2cn(Cc3c[nH]c4ccncc34)nn2)nc(N)n1. The molecule has 0 fully saturated rings. The van der Waals surface area contributed by atoms with E-state index in [9.17, 15) is 5.26 Å². The third-order valence-corrected chi connectivity index (χ3v) is 5.18. The molecule has 5 rings (SSSR count). The number of nitrogens with two attached hydrogens (primary N) is 1. The van der Waals surface area contributed by atoms with Gasteiger partial charge < -0.3 is 10.7 Å². The van der Waals surface area contributed by atoms with Gasteiger partial charge in [0.2, 0.25) is 5.95 Å². The fourth-order valence-electron chi connectivity index (χ4n) is 3.59. The second-order valence-electron chi connectivity index (χ2n) is 7.12. The Balaban J connectivity index is 1.49. The van der Waals surface area contributed by atoms with E-state index in [-0.39, 0.29) is 5.95 Å². The summed E-state index contributed by atoms with van der Waals surface area (Å²) in [6.07, 6.45) is 7.34. The number of nitrogens with zero attached hydrogens (tertiary/aromatic N) is 7. The fraction of sp³-hybridized carbons (Fsp3) is 0.0909. The molecule has 0 aliphatic rings. The second kappa shape index (κ2) is 7.35. The van der Waals surface area contributed by atoms with E-state index in [4.69, 9.17) is 5.73 Å². The zero-order valence-corrected chi connectivity index (χ0v) is 16.6. The Morgan fingerprint density at radius 2 is 2.03 bits per heavy atom. The lowest BCUT2D eigenvalue weighted by molar-refractivity contribution is 0.652. The Labute approximate surface area is 177 Å². The Morgan fingerprint density at radius 1 is 1.16 bits per heavy atom. The zero-order chi connectivity index (χ0) is 21.4. The van der Waals surface area contributed by atoms with Crippen molar-refractivity contribution in [2.45, 2.75) is 13.5 Å². The maximum atomic E-state index is 9.32. The van der Waals surface area contributed by atoms with Crippen molar-refractivity contribution in [3.63, 3.8) is 0 Å². The normalized spacial score (nSPS) is 11.0. The van der Waals surface area contributed by atoms with Crippen molar-refractivity contribution in [1.82, 2.24) is 34.9 Å². The summed E-state index contributed by atoms with van der Waals surface area (Å²) in [5, 5.41) is 18.9. The summed E-state index contributed by atoms with van der Waals surface area (Å²) in [4.78, 5) is 16.1. The number of pyridine rings is 1. The van der Waals surface area contributed by atoms with Crippen molar-refractivity contribution in [1.29, 1.82) is 5.26 Å². The number of anilines is 1. The van der Waals surface area contributed by atoms with Crippen LogP contribution in [-0.4, -0.2) is 34.9 Å². The number of H-pyrrole nitrogens is 1. The maximum Gasteiger partial charge on any atom is 0.221 e. The summed E-state index contributed by atoms with van der Waals surface area (Å²) in [5.74, 6) is 0.131. The molecule has 0 radical (unpaired) electrons. The van der Waals surface area contributed by atoms with E-state index in [0.717, 1.165) is 27.6 Å². The number of benzene rings is 1. The highest BCUT2D eigenvalue weighted by atomic mass is 15.4. The predicted octanol–water partition coefficient (Wildman–Crippen LogP) is 3.09. The van der Waals surface area contributed by atoms with E-state index in [1.54, 1.807) is 16.9 Å². The van der Waals surface area contributed by atoms with Gasteiger partial charge in [0.25, 0.3) is 0 Å². The van der Waals surface area contributed by atoms with E-state index in [1.807, 2.05) is 49.8 Å². The van der Waals surface area contributed by atoms with Gasteiger partial charge in [0.15, 0.2) is 0 Å². The van der Waals surface area contributed by atoms with Gasteiger partial charge in [-0.25, -0.2) is 14.6 Å². The van der Waals surface area contributed by atoms with E-state index in [1.165, 1.54) is 0 Å². The minimum Gasteiger partial charge on any atom is -0.368 e. The topological polar surface area (TPSA) is 135 Å². The average Bonchev–Trinajstić information content (AvgIpc) is 3.41. The molecule has 0 saturated carbocycles. The monoisotopic (exact) mass is 407 g/mol. The van der Waals surface area contributed by atoms with Crippen LogP contribution in [0.4, 0.5) is 5.95 Å². The van der Waals surface area contributed by atoms with Gasteiger partial charge in [0.1, 0.15) is 5.69 Å². The van der Waals surface area contributed by atoms with Crippen molar-refractivity contribution in [3.05, 3.63) is 71.8 Å². The molecule has 3 N–H and O–H groups in total. The summed E-state index contributed by atoms with van der Waals surface area (Å²) in [6, 6.07) is 11.4. The second-order valence-corrected chi connectivity index (χ2v) is 7.12. The number of nitrogen functional groups attached to an aromatic ring is 1. The molecule has 31 heavy (non-hydrogen) atoms. The van der Waals surface area contributed by atoms with E-state index >= 15 is 0 Å². The van der Waals surface area contributed by atoms with Crippen molar-refractivity contribution in [2.24, 2.45) is 0 Å². The highest BCUT2D eigenvalue weighted by Gasteiger charge is 2.14. The molecule has 4 aromatic heterocycles. The van der Waals surface area contributed by atoms with Crippen LogP contribution in [0.3, 0.4) is 0 Å². The molecular weight excluding hydrogens is 390 g/mol. The number of nitrogens with one attached hydrogen (secondary N) is 1. The molecule has 150 valence electrons. The molecule has 0 unspecified atom stereocenters. The van der Waals surface area contributed by atoms with Gasteiger partial charge in [-0.05, 0) is 30.7 Å². The van der Waals surface area contributed by atoms with Gasteiger partial charge in [0, 0.05) is 40.6 Å². The molecule has 0 saturated heterocycles. The van der Waals surface area contributed by atoms with Gasteiger partial charge in [-0.1, -0.05) is 17.3 Å². The smallest absolute Gasteiger partial charge is 0.221 e. The van der Waals surface area contributed by atoms with Crippen molar-refractivity contribution < 1.29 is 0 Å². The van der Waals surface area contributed by atoms with Crippen LogP contribution in [0, 0.1) is 18.3 Å². The first-order valence-corrected chi connectivity index (χ1v) is 9.57. The third kappa shape index (κ3) is 3.36. The van der Waals surface area contributed by atoms with Gasteiger partial charge in [-0.2, -0.15) is 5.26 Å². The van der Waals surface area contributed by atoms with Crippen LogP contribution in [0.25, 0.3) is 33.5 Å². The molecule has 9 nitrogen and oxygen atoms in total. The summed E-state index contributed by atoms with van der Waals surface area (Å²) < 4.78 is 1.74. The summed E-state index contributed by atoms with van der Waals surface area (Å²) in [5.41, 5.74) is 12.1. The number of rotatable bonds is 4. The number of fused-ring (bicyclic) bond motifs is 1. The van der Waals surface area contributed by atoms with E-state index in [2.05, 4.69) is 36.3 Å². The summed E-state index contributed by atoms with van der Waals surface area (Å²) >= 11 is 0. The lowest BCUT2D eigenvalue weighted by Crippen LogP contribution is -2.00. The zero-order valence-electron chi connectivity index (χ0n) is 16.6. The first kappa shape index (κ1) is 18.4. The van der Waals surface area contributed by atoms with Crippen LogP contribution in [-0.2, 0) is 6.54 Å². The average molecular weight is 407 g/mol. The van der Waals surface area contributed by atoms with Gasteiger partial charge in [0.05, 0.1) is 35.8 Å². The molecule has 0 atom stereocenters. The number of aromatic nitrogens is 7. The van der Waals surface area contributed by atoms with Crippen LogP contribution in [0.5, 0.6) is 0 Å². The molecular formula is C22H17N9. The van der Waals surface area contributed by atoms with Crippen molar-refractivity contribution >= 4 is 16.9 Å². The van der Waals surface area contributed by atoms with Crippen LogP contribution >= 0.6 is 0 Å². The maximum absolute atomic E-state index is 9.32. The lowest BCUT2D eigenvalue weighted by Gasteiger charge is -2.08. The predicted molar refractivity (Wildman–Crippen MR) is 116 cm³/mol. The molecule has 0 amide bonds. The third-order valence-electron chi connectivity index (χ3n) is 5.18. The first-order valence-electron chi connectivity index (χ1n) is 9.57. The molecule has 0 bridgehead atoms. The molecule has 4 heterocycles. The highest BCUT2D eigenvalue weighted by molar-refractivity contribution is 5.82. The number of hydrogen-bond acceptors (Lipinski definition) is 7. The highest BCUT2D eigenvalue weighted by Crippen LogP contribution is 2.27. The van der Waals surface area contributed by atoms with Crippen LogP contribution in [0.2, 0.25) is 0 Å². The lowest BCUT2D eigenvalue weighted by atomic mass is 10.00. The van der Waals surface area contributed by atoms with Gasteiger partial charge in [-0.15, -0.1) is 5.10 Å². The van der Waals surface area contributed by atoms with E-state index < -0.39 is 0 Å². The molecule has 1 aromatic carbocycles. The fourth-order valence-corrected chi connectivity index (χ4v) is 3.59. The van der Waals surface area contributed by atoms with Crippen LogP contribution in [0.15, 0.2) is 55.1 Å². The minimum absolute atomic E-state index is 0.131. The van der Waals surface area contributed by atoms with Crippen LogP contribution < -0.4 is 5.73 Å². The number of hydrogen-bond donors (Lipinski definition) is 2. The van der Waals surface area contributed by atoms with Crippen molar-refractivity contribution in [3.8, 4) is 28.7 Å². The quantitative estimate of drug-likeness (QED) is 0.467. The molecule has 0 aliphatic heterocycles. The van der Waals surface area contributed by atoms with Crippen molar-refractivity contribution in [2.75, 3.05) is 5.73 Å². The Morgan fingerprint density at radius 3 is 2.90 bits per heavy atom. The summed E-state index contributed by atoms with van der Waals surface area (Å²) in [7, 11) is 0. The first-order chi connectivity index (χ1) is 15.1. The summed E-state index contributed by atoms with van der Waals surface area (Å²) in [6.45, 7) is 2.42. The Kier molecular flexibility index (Phi) is 4.37. The molecule has 5 aromatic rings. The van der Waals surface area contributed by atoms with Crippen LogP contribution in [0.1, 0.15) is 16.7 Å². The largest absolute Gasteiger partial charge is 0.368 e. The number of nitriles is 1. The van der Waals surface area contributed by atoms with E-state index in [0.29, 0.717) is 29.2 Å². The number of aromatic amines is 1. The molecule has 9 heteroatoms. The minimum atomic E-state index is 0.131. The standard InChI is InChI=1S/C22H17N9/c1-13-14(8-23)3-2-4-16(13)19-7-20(28-22(24)27-19)21-12-31(30-29-21)11-15-9-26-18-5-6-25-10-17(15)18/h2-7,9-10,12,26H,11H2,1H3,(H2,24,27,28). The van der Waals surface area contributed by atoms with Gasteiger partial charge >= 0.3 is 0 Å². The Bertz CT molecular complexity index is 1460. The molecule has 0 aliphatic carbocycles. The molecule has 0 spiro atoms.